The Kier molecular flexibility index (Phi) is 13.6. The van der Waals surface area contributed by atoms with E-state index >= 15 is 0 Å². The number of halogens is 1. The number of guanidine groups is 1. The summed E-state index contributed by atoms with van der Waals surface area (Å²) in [5.41, 5.74) is 1.14. The molecular weight excluding hydrogens is 507 g/mol. The minimum Gasteiger partial charge on any atom is -0.492 e. The summed E-state index contributed by atoms with van der Waals surface area (Å²) in [5.74, 6) is 1.70. The zero-order chi connectivity index (χ0) is 21.8. The smallest absolute Gasteiger partial charge is 0.308 e. The predicted octanol–water partition coefficient (Wildman–Crippen LogP) is 3.38. The van der Waals surface area contributed by atoms with Crippen LogP contribution in [-0.2, 0) is 16.1 Å². The largest absolute Gasteiger partial charge is 0.492 e. The summed E-state index contributed by atoms with van der Waals surface area (Å²) in [6, 6.07) is 8.18. The number of nitrogens with zero attached hydrogens (tertiary/aromatic N) is 3. The number of likely N-dealkylation sites (N-methyl/N-ethyl adjacent to an activating group) is 1. The molecule has 1 heterocycles. The molecule has 1 saturated heterocycles. The highest BCUT2D eigenvalue weighted by Crippen LogP contribution is 2.19. The molecule has 8 heteroatoms. The average Bonchev–Trinajstić information content (AvgIpc) is 2.80. The van der Waals surface area contributed by atoms with E-state index in [0.717, 1.165) is 69.4 Å². The fourth-order valence-corrected chi connectivity index (χ4v) is 3.61. The van der Waals surface area contributed by atoms with Crippen molar-refractivity contribution >= 4 is 35.9 Å². The topological polar surface area (TPSA) is 66.4 Å². The molecule has 0 bridgehead atoms. The maximum Gasteiger partial charge on any atom is 0.308 e. The number of rotatable bonds is 10. The molecule has 0 aliphatic carbocycles. The fourth-order valence-electron chi connectivity index (χ4n) is 3.61. The second-order valence-electron chi connectivity index (χ2n) is 7.47. The molecule has 176 valence electrons. The molecule has 1 fully saturated rings. The second-order valence-corrected chi connectivity index (χ2v) is 7.47. The molecule has 0 aromatic heterocycles. The van der Waals surface area contributed by atoms with Crippen molar-refractivity contribution in [2.75, 3.05) is 53.0 Å². The summed E-state index contributed by atoms with van der Waals surface area (Å²) in [6.07, 6.45) is 1.60. The van der Waals surface area contributed by atoms with E-state index in [4.69, 9.17) is 14.5 Å². The number of methoxy groups -OCH3 is 1. The third-order valence-electron chi connectivity index (χ3n) is 5.57. The summed E-state index contributed by atoms with van der Waals surface area (Å²) in [7, 11) is 1.46. The normalized spacial score (nSPS) is 14.9. The number of carbonyl (C=O) groups is 1. The highest BCUT2D eigenvalue weighted by molar-refractivity contribution is 14.0. The summed E-state index contributed by atoms with van der Waals surface area (Å²) in [4.78, 5) is 21.1. The number of piperidine rings is 1. The SMILES string of the molecule is CCNC(=NCc1ccc(OCCN(CC)CC)cc1)N1CCC(C(=O)OC)CC1.I. The Morgan fingerprint density at radius 2 is 1.81 bits per heavy atom. The maximum absolute atomic E-state index is 11.7. The number of hydrogen-bond donors (Lipinski definition) is 1. The van der Waals surface area contributed by atoms with Crippen LogP contribution in [0.25, 0.3) is 0 Å². The third kappa shape index (κ3) is 9.22. The summed E-state index contributed by atoms with van der Waals surface area (Å²) >= 11 is 0. The lowest BCUT2D eigenvalue weighted by Gasteiger charge is -2.33. The van der Waals surface area contributed by atoms with Gasteiger partial charge in [-0.3, -0.25) is 4.79 Å². The lowest BCUT2D eigenvalue weighted by Crippen LogP contribution is -2.46. The summed E-state index contributed by atoms with van der Waals surface area (Å²) in [5, 5.41) is 3.37. The van der Waals surface area contributed by atoms with Crippen LogP contribution in [0.3, 0.4) is 0 Å². The van der Waals surface area contributed by atoms with Crippen LogP contribution in [0.4, 0.5) is 0 Å². The van der Waals surface area contributed by atoms with Gasteiger partial charge >= 0.3 is 5.97 Å². The third-order valence-corrected chi connectivity index (χ3v) is 5.57. The minimum atomic E-state index is -0.101. The van der Waals surface area contributed by atoms with Crippen LogP contribution in [0.1, 0.15) is 39.2 Å². The van der Waals surface area contributed by atoms with Crippen molar-refractivity contribution in [3.8, 4) is 5.75 Å². The number of benzene rings is 1. The molecule has 0 unspecified atom stereocenters. The first-order valence-corrected chi connectivity index (χ1v) is 11.2. The van der Waals surface area contributed by atoms with Crippen LogP contribution in [0.2, 0.25) is 0 Å². The van der Waals surface area contributed by atoms with Gasteiger partial charge in [0.2, 0.25) is 0 Å². The van der Waals surface area contributed by atoms with E-state index in [0.29, 0.717) is 13.2 Å². The van der Waals surface area contributed by atoms with Crippen LogP contribution < -0.4 is 10.1 Å². The summed E-state index contributed by atoms with van der Waals surface area (Å²) in [6.45, 7) is 13.2. The molecule has 1 aromatic carbocycles. The van der Waals surface area contributed by atoms with E-state index in [1.165, 1.54) is 7.11 Å². The van der Waals surface area contributed by atoms with Crippen molar-refractivity contribution in [1.29, 1.82) is 0 Å². The van der Waals surface area contributed by atoms with Crippen molar-refractivity contribution in [3.63, 3.8) is 0 Å². The molecule has 1 aliphatic rings. The minimum absolute atomic E-state index is 0. The molecule has 0 amide bonds. The first kappa shape index (κ1) is 27.5. The van der Waals surface area contributed by atoms with Gasteiger partial charge < -0.3 is 24.6 Å². The lowest BCUT2D eigenvalue weighted by molar-refractivity contribution is -0.146. The number of esters is 1. The standard InChI is InChI=1S/C23H38N4O3.HI/c1-5-24-23(27-14-12-20(13-15-27)22(28)29-4)25-18-19-8-10-21(11-9-19)30-17-16-26(6-2)7-3;/h8-11,20H,5-7,12-18H2,1-4H3,(H,24,25);1H. The van der Waals surface area contributed by atoms with E-state index in [1.54, 1.807) is 0 Å². The van der Waals surface area contributed by atoms with E-state index in [1.807, 2.05) is 12.1 Å². The van der Waals surface area contributed by atoms with E-state index in [2.05, 4.69) is 48.0 Å². The molecule has 31 heavy (non-hydrogen) atoms. The van der Waals surface area contributed by atoms with Gasteiger partial charge in [-0.05, 0) is 50.6 Å². The Morgan fingerprint density at radius 1 is 1.16 bits per heavy atom. The van der Waals surface area contributed by atoms with Crippen molar-refractivity contribution in [2.24, 2.45) is 10.9 Å². The molecule has 1 aliphatic heterocycles. The first-order chi connectivity index (χ1) is 14.6. The maximum atomic E-state index is 11.7. The average molecular weight is 546 g/mol. The van der Waals surface area contributed by atoms with Gasteiger partial charge in [-0.15, -0.1) is 24.0 Å². The van der Waals surface area contributed by atoms with Gasteiger partial charge in [0.25, 0.3) is 0 Å². The van der Waals surface area contributed by atoms with Crippen molar-refractivity contribution < 1.29 is 14.3 Å². The molecule has 0 saturated carbocycles. The first-order valence-electron chi connectivity index (χ1n) is 11.2. The highest BCUT2D eigenvalue weighted by Gasteiger charge is 2.26. The monoisotopic (exact) mass is 546 g/mol. The van der Waals surface area contributed by atoms with E-state index < -0.39 is 0 Å². The van der Waals surface area contributed by atoms with Gasteiger partial charge in [-0.1, -0.05) is 26.0 Å². The Labute approximate surface area is 204 Å². The Morgan fingerprint density at radius 3 is 2.35 bits per heavy atom. The zero-order valence-corrected chi connectivity index (χ0v) is 21.8. The molecule has 1 aromatic rings. The van der Waals surface area contributed by atoms with Gasteiger partial charge in [-0.25, -0.2) is 4.99 Å². The molecule has 1 N–H and O–H groups in total. The number of aliphatic imine (C=N–C) groups is 1. The zero-order valence-electron chi connectivity index (χ0n) is 19.4. The number of hydrogen-bond acceptors (Lipinski definition) is 5. The molecule has 7 nitrogen and oxygen atoms in total. The highest BCUT2D eigenvalue weighted by atomic mass is 127. The second kappa shape index (κ2) is 15.3. The van der Waals surface area contributed by atoms with Gasteiger partial charge in [0, 0.05) is 26.2 Å². The van der Waals surface area contributed by atoms with Crippen LogP contribution >= 0.6 is 24.0 Å². The van der Waals surface area contributed by atoms with Crippen LogP contribution in [0.5, 0.6) is 5.75 Å². The summed E-state index contributed by atoms with van der Waals surface area (Å²) < 4.78 is 10.7. The molecule has 0 spiro atoms. The van der Waals surface area contributed by atoms with E-state index in [9.17, 15) is 4.79 Å². The lowest BCUT2D eigenvalue weighted by atomic mass is 9.97. The number of carbonyl (C=O) groups excluding carboxylic acids is 1. The van der Waals surface area contributed by atoms with Crippen LogP contribution in [-0.4, -0.2) is 74.7 Å². The van der Waals surface area contributed by atoms with Crippen molar-refractivity contribution in [1.82, 2.24) is 15.1 Å². The van der Waals surface area contributed by atoms with E-state index in [-0.39, 0.29) is 35.9 Å². The molecule has 2 rings (SSSR count). The van der Waals surface area contributed by atoms with Gasteiger partial charge in [0.15, 0.2) is 5.96 Å². The Bertz CT molecular complexity index is 657. The fraction of sp³-hybridized carbons (Fsp3) is 0.652. The van der Waals surface area contributed by atoms with Gasteiger partial charge in [0.05, 0.1) is 19.6 Å². The van der Waals surface area contributed by atoms with Crippen LogP contribution in [0.15, 0.2) is 29.3 Å². The number of likely N-dealkylation sites (tertiary alicyclic amines) is 1. The molecular formula is C23H39IN4O3. The van der Waals surface area contributed by atoms with Crippen molar-refractivity contribution in [2.45, 2.75) is 40.2 Å². The van der Waals surface area contributed by atoms with Gasteiger partial charge in [-0.2, -0.15) is 0 Å². The Hall–Kier alpha value is -1.55. The number of ether oxygens (including phenoxy) is 2. The van der Waals surface area contributed by atoms with Crippen LogP contribution in [0, 0.1) is 5.92 Å². The Balaban J connectivity index is 0.00000480. The molecule has 0 atom stereocenters. The van der Waals surface area contributed by atoms with Crippen molar-refractivity contribution in [3.05, 3.63) is 29.8 Å². The molecule has 0 radical (unpaired) electrons. The quantitative estimate of drug-likeness (QED) is 0.210. The predicted molar refractivity (Wildman–Crippen MR) is 136 cm³/mol. The number of nitrogens with one attached hydrogen (secondary N) is 1. The van der Waals surface area contributed by atoms with Gasteiger partial charge in [0.1, 0.15) is 12.4 Å².